The molecule has 1 saturated carbocycles. The summed E-state index contributed by atoms with van der Waals surface area (Å²) in [7, 11) is 0. The molecule has 0 aromatic carbocycles. The van der Waals surface area contributed by atoms with Crippen LogP contribution in [0.15, 0.2) is 12.3 Å². The molecule has 2 rings (SSSR count). The van der Waals surface area contributed by atoms with E-state index in [2.05, 4.69) is 27.5 Å². The molecule has 18 heavy (non-hydrogen) atoms. The van der Waals surface area contributed by atoms with Crippen LogP contribution in [0.1, 0.15) is 44.3 Å². The summed E-state index contributed by atoms with van der Waals surface area (Å²) in [5, 5.41) is 4.65. The van der Waals surface area contributed by atoms with Crippen molar-refractivity contribution < 1.29 is 4.74 Å². The van der Waals surface area contributed by atoms with Gasteiger partial charge in [0.1, 0.15) is 0 Å². The number of nitrogens with zero attached hydrogens (tertiary/aromatic N) is 2. The van der Waals surface area contributed by atoms with Gasteiger partial charge >= 0.3 is 0 Å². The molecule has 1 heterocycles. The van der Waals surface area contributed by atoms with Crippen LogP contribution in [-0.2, 0) is 11.2 Å². The summed E-state index contributed by atoms with van der Waals surface area (Å²) in [6.07, 6.45) is 8.10. The Kier molecular flexibility index (Phi) is 5.16. The SMILES string of the molecule is CCOCC(Cc1ccn(C2CCCC2)n1)NN. The average molecular weight is 252 g/mol. The van der Waals surface area contributed by atoms with E-state index < -0.39 is 0 Å². The van der Waals surface area contributed by atoms with Crippen molar-refractivity contribution in [1.82, 2.24) is 15.2 Å². The first kappa shape index (κ1) is 13.5. The Bertz CT molecular complexity index is 347. The highest BCUT2D eigenvalue weighted by molar-refractivity contribution is 5.02. The normalized spacial score (nSPS) is 18.3. The molecular formula is C13H24N4O. The molecule has 0 bridgehead atoms. The fourth-order valence-electron chi connectivity index (χ4n) is 2.54. The molecule has 1 aromatic rings. The van der Waals surface area contributed by atoms with Crippen molar-refractivity contribution in [2.75, 3.05) is 13.2 Å². The fraction of sp³-hybridized carbons (Fsp3) is 0.769. The number of ether oxygens (including phenoxy) is 1. The molecule has 5 heteroatoms. The van der Waals surface area contributed by atoms with Crippen molar-refractivity contribution in [1.29, 1.82) is 0 Å². The Morgan fingerprint density at radius 3 is 3.00 bits per heavy atom. The highest BCUT2D eigenvalue weighted by Gasteiger charge is 2.18. The average Bonchev–Trinajstić information content (AvgIpc) is 3.04. The largest absolute Gasteiger partial charge is 0.380 e. The highest BCUT2D eigenvalue weighted by Crippen LogP contribution is 2.28. The van der Waals surface area contributed by atoms with Crippen LogP contribution in [0, 0.1) is 0 Å². The molecule has 1 aromatic heterocycles. The first-order valence-corrected chi connectivity index (χ1v) is 6.91. The van der Waals surface area contributed by atoms with Crippen molar-refractivity contribution >= 4 is 0 Å². The van der Waals surface area contributed by atoms with Crippen molar-refractivity contribution in [3.05, 3.63) is 18.0 Å². The first-order valence-electron chi connectivity index (χ1n) is 6.91. The van der Waals surface area contributed by atoms with Crippen LogP contribution in [0.5, 0.6) is 0 Å². The predicted molar refractivity (Wildman–Crippen MR) is 71.0 cm³/mol. The van der Waals surface area contributed by atoms with Gasteiger partial charge in [0.25, 0.3) is 0 Å². The van der Waals surface area contributed by atoms with E-state index in [1.165, 1.54) is 25.7 Å². The zero-order chi connectivity index (χ0) is 12.8. The third-order valence-electron chi connectivity index (χ3n) is 3.58. The lowest BCUT2D eigenvalue weighted by atomic mass is 10.2. The minimum absolute atomic E-state index is 0.136. The molecule has 1 aliphatic rings. The van der Waals surface area contributed by atoms with E-state index in [4.69, 9.17) is 10.6 Å². The number of hydrazine groups is 1. The molecule has 0 spiro atoms. The first-order chi connectivity index (χ1) is 8.83. The Hall–Kier alpha value is -0.910. The zero-order valence-electron chi connectivity index (χ0n) is 11.1. The number of hydrogen-bond donors (Lipinski definition) is 2. The molecule has 1 fully saturated rings. The van der Waals surface area contributed by atoms with Crippen molar-refractivity contribution in [3.63, 3.8) is 0 Å². The van der Waals surface area contributed by atoms with Crippen LogP contribution in [0.3, 0.4) is 0 Å². The van der Waals surface area contributed by atoms with E-state index in [1.54, 1.807) is 0 Å². The van der Waals surface area contributed by atoms with Crippen LogP contribution in [0.25, 0.3) is 0 Å². The lowest BCUT2D eigenvalue weighted by Crippen LogP contribution is -2.40. The van der Waals surface area contributed by atoms with Gasteiger partial charge in [-0.2, -0.15) is 5.10 Å². The maximum absolute atomic E-state index is 5.53. The second kappa shape index (κ2) is 6.87. The van der Waals surface area contributed by atoms with E-state index >= 15 is 0 Å². The third-order valence-corrected chi connectivity index (χ3v) is 3.58. The van der Waals surface area contributed by atoms with E-state index in [0.717, 1.165) is 12.1 Å². The van der Waals surface area contributed by atoms with Gasteiger partial charge in [0, 0.05) is 19.2 Å². The van der Waals surface area contributed by atoms with Crippen molar-refractivity contribution in [3.8, 4) is 0 Å². The Morgan fingerprint density at radius 1 is 1.56 bits per heavy atom. The molecule has 5 nitrogen and oxygen atoms in total. The number of nitrogens with one attached hydrogen (secondary N) is 1. The summed E-state index contributed by atoms with van der Waals surface area (Å²) in [5.41, 5.74) is 3.88. The molecule has 3 N–H and O–H groups in total. The standard InChI is InChI=1S/C13H24N4O/c1-2-18-10-12(15-14)9-11-7-8-17(16-11)13-5-3-4-6-13/h7-8,12-13,15H,2-6,9-10,14H2,1H3. The fourth-order valence-corrected chi connectivity index (χ4v) is 2.54. The lowest BCUT2D eigenvalue weighted by Gasteiger charge is -2.14. The summed E-state index contributed by atoms with van der Waals surface area (Å²) in [4.78, 5) is 0. The Morgan fingerprint density at radius 2 is 2.33 bits per heavy atom. The molecule has 102 valence electrons. The summed E-state index contributed by atoms with van der Waals surface area (Å²) >= 11 is 0. The summed E-state index contributed by atoms with van der Waals surface area (Å²) in [6, 6.07) is 2.83. The van der Waals surface area contributed by atoms with Crippen LogP contribution >= 0.6 is 0 Å². The van der Waals surface area contributed by atoms with E-state index in [0.29, 0.717) is 19.3 Å². The number of rotatable bonds is 7. The maximum Gasteiger partial charge on any atom is 0.0641 e. The van der Waals surface area contributed by atoms with Gasteiger partial charge in [0.2, 0.25) is 0 Å². The van der Waals surface area contributed by atoms with Crippen molar-refractivity contribution in [2.24, 2.45) is 5.84 Å². The van der Waals surface area contributed by atoms with Crippen LogP contribution < -0.4 is 11.3 Å². The van der Waals surface area contributed by atoms with Gasteiger partial charge in [0.05, 0.1) is 24.4 Å². The Labute approximate surface area is 109 Å². The zero-order valence-corrected chi connectivity index (χ0v) is 11.1. The van der Waals surface area contributed by atoms with Crippen LogP contribution in [0.2, 0.25) is 0 Å². The molecule has 0 saturated heterocycles. The number of nitrogens with two attached hydrogens (primary N) is 1. The van der Waals surface area contributed by atoms with Crippen molar-refractivity contribution in [2.45, 2.75) is 51.1 Å². The summed E-state index contributed by atoms with van der Waals surface area (Å²) in [6.45, 7) is 3.33. The summed E-state index contributed by atoms with van der Waals surface area (Å²) < 4.78 is 7.51. The highest BCUT2D eigenvalue weighted by atomic mass is 16.5. The monoisotopic (exact) mass is 252 g/mol. The third kappa shape index (κ3) is 3.54. The van der Waals surface area contributed by atoms with Crippen LogP contribution in [0.4, 0.5) is 0 Å². The minimum Gasteiger partial charge on any atom is -0.380 e. The molecule has 0 amide bonds. The topological polar surface area (TPSA) is 65.1 Å². The second-order valence-corrected chi connectivity index (χ2v) is 4.95. The van der Waals surface area contributed by atoms with Gasteiger partial charge in [-0.15, -0.1) is 0 Å². The van der Waals surface area contributed by atoms with E-state index in [-0.39, 0.29) is 6.04 Å². The minimum atomic E-state index is 0.136. The predicted octanol–water partition coefficient (Wildman–Crippen LogP) is 1.41. The van der Waals surface area contributed by atoms with Gasteiger partial charge in [-0.25, -0.2) is 0 Å². The molecule has 1 unspecified atom stereocenters. The molecule has 1 atom stereocenters. The summed E-state index contributed by atoms with van der Waals surface area (Å²) in [5.74, 6) is 5.53. The molecular weight excluding hydrogens is 228 g/mol. The maximum atomic E-state index is 5.53. The smallest absolute Gasteiger partial charge is 0.0641 e. The van der Waals surface area contributed by atoms with Gasteiger partial charge in [-0.3, -0.25) is 16.0 Å². The number of hydrogen-bond acceptors (Lipinski definition) is 4. The Balaban J connectivity index is 1.88. The van der Waals surface area contributed by atoms with Gasteiger partial charge in [-0.05, 0) is 25.8 Å². The second-order valence-electron chi connectivity index (χ2n) is 4.95. The van der Waals surface area contributed by atoms with Crippen LogP contribution in [-0.4, -0.2) is 29.0 Å². The van der Waals surface area contributed by atoms with Gasteiger partial charge < -0.3 is 4.74 Å². The quantitative estimate of drug-likeness (QED) is 0.569. The molecule has 0 radical (unpaired) electrons. The van der Waals surface area contributed by atoms with E-state index in [1.807, 2.05) is 6.92 Å². The van der Waals surface area contributed by atoms with Gasteiger partial charge in [0.15, 0.2) is 0 Å². The molecule has 0 aliphatic heterocycles. The van der Waals surface area contributed by atoms with E-state index in [9.17, 15) is 0 Å². The molecule has 1 aliphatic carbocycles. The number of aromatic nitrogens is 2. The lowest BCUT2D eigenvalue weighted by molar-refractivity contribution is 0.122. The van der Waals surface area contributed by atoms with Gasteiger partial charge in [-0.1, -0.05) is 12.8 Å².